The SMILES string of the molecule is Cc1ccsc1CNC(=O)N1C[C@H](O)C[C@@H]1C(=O)O. The lowest BCUT2D eigenvalue weighted by Gasteiger charge is -2.21. The molecule has 7 heteroatoms. The Morgan fingerprint density at radius 3 is 2.89 bits per heavy atom. The molecule has 2 heterocycles. The second-order valence-corrected chi connectivity index (χ2v) is 5.58. The first kappa shape index (κ1) is 13.8. The lowest BCUT2D eigenvalue weighted by molar-refractivity contribution is -0.141. The third kappa shape index (κ3) is 3.05. The normalized spacial score (nSPS) is 22.5. The predicted molar refractivity (Wildman–Crippen MR) is 70.0 cm³/mol. The topological polar surface area (TPSA) is 89.9 Å². The molecule has 1 aromatic heterocycles. The van der Waals surface area contributed by atoms with E-state index in [9.17, 15) is 14.7 Å². The number of carbonyl (C=O) groups excluding carboxylic acids is 1. The first-order chi connectivity index (χ1) is 8.99. The number of likely N-dealkylation sites (tertiary alicyclic amines) is 1. The van der Waals surface area contributed by atoms with Crippen molar-refractivity contribution in [2.45, 2.75) is 32.0 Å². The molecule has 1 saturated heterocycles. The van der Waals surface area contributed by atoms with Crippen LogP contribution >= 0.6 is 11.3 Å². The summed E-state index contributed by atoms with van der Waals surface area (Å²) >= 11 is 1.54. The number of amides is 2. The molecule has 19 heavy (non-hydrogen) atoms. The summed E-state index contributed by atoms with van der Waals surface area (Å²) in [5.41, 5.74) is 1.10. The number of carbonyl (C=O) groups is 2. The monoisotopic (exact) mass is 284 g/mol. The van der Waals surface area contributed by atoms with Crippen LogP contribution in [0.2, 0.25) is 0 Å². The summed E-state index contributed by atoms with van der Waals surface area (Å²) in [4.78, 5) is 25.2. The fraction of sp³-hybridized carbons (Fsp3) is 0.500. The molecule has 2 amide bonds. The molecular weight excluding hydrogens is 268 g/mol. The smallest absolute Gasteiger partial charge is 0.326 e. The zero-order valence-electron chi connectivity index (χ0n) is 10.5. The van der Waals surface area contributed by atoms with Gasteiger partial charge in [0, 0.05) is 17.8 Å². The summed E-state index contributed by atoms with van der Waals surface area (Å²) < 4.78 is 0. The van der Waals surface area contributed by atoms with E-state index in [0.717, 1.165) is 10.4 Å². The molecule has 2 atom stereocenters. The summed E-state index contributed by atoms with van der Waals surface area (Å²) in [7, 11) is 0. The zero-order valence-corrected chi connectivity index (χ0v) is 11.3. The van der Waals surface area contributed by atoms with Gasteiger partial charge in [-0.15, -0.1) is 11.3 Å². The van der Waals surface area contributed by atoms with Crippen LogP contribution in [0.1, 0.15) is 16.9 Å². The van der Waals surface area contributed by atoms with Crippen molar-refractivity contribution in [3.8, 4) is 0 Å². The van der Waals surface area contributed by atoms with E-state index in [4.69, 9.17) is 5.11 Å². The van der Waals surface area contributed by atoms with E-state index >= 15 is 0 Å². The van der Waals surface area contributed by atoms with Gasteiger partial charge in [0.1, 0.15) is 6.04 Å². The van der Waals surface area contributed by atoms with E-state index < -0.39 is 24.1 Å². The van der Waals surface area contributed by atoms with Gasteiger partial charge in [0.25, 0.3) is 0 Å². The van der Waals surface area contributed by atoms with Crippen LogP contribution in [-0.2, 0) is 11.3 Å². The minimum absolute atomic E-state index is 0.0617. The summed E-state index contributed by atoms with van der Waals surface area (Å²) in [6.45, 7) is 2.39. The summed E-state index contributed by atoms with van der Waals surface area (Å²) in [6.07, 6.45) is -0.684. The molecular formula is C12H16N2O4S. The molecule has 0 bridgehead atoms. The van der Waals surface area contributed by atoms with Crippen LogP contribution in [-0.4, -0.2) is 45.8 Å². The summed E-state index contributed by atoms with van der Waals surface area (Å²) in [5.74, 6) is -1.08. The largest absolute Gasteiger partial charge is 0.480 e. The van der Waals surface area contributed by atoms with E-state index in [1.165, 1.54) is 4.90 Å². The molecule has 104 valence electrons. The van der Waals surface area contributed by atoms with Crippen LogP contribution < -0.4 is 5.32 Å². The highest BCUT2D eigenvalue weighted by molar-refractivity contribution is 7.10. The van der Waals surface area contributed by atoms with E-state index in [1.54, 1.807) is 11.3 Å². The van der Waals surface area contributed by atoms with Crippen molar-refractivity contribution in [2.24, 2.45) is 0 Å². The van der Waals surface area contributed by atoms with E-state index in [1.807, 2.05) is 18.4 Å². The molecule has 1 fully saturated rings. The number of β-amino-alcohol motifs (C(OH)–C–C–N with tert-alkyl or cyclic N) is 1. The first-order valence-electron chi connectivity index (χ1n) is 5.97. The van der Waals surface area contributed by atoms with E-state index in [0.29, 0.717) is 6.54 Å². The molecule has 0 aliphatic carbocycles. The Bertz CT molecular complexity index is 488. The van der Waals surface area contributed by atoms with Gasteiger partial charge in [0.2, 0.25) is 0 Å². The summed E-state index contributed by atoms with van der Waals surface area (Å²) in [6, 6.07) is 0.572. The molecule has 0 radical (unpaired) electrons. The van der Waals surface area contributed by atoms with Gasteiger partial charge in [-0.05, 0) is 23.9 Å². The molecule has 0 aromatic carbocycles. The number of nitrogens with zero attached hydrogens (tertiary/aromatic N) is 1. The maximum atomic E-state index is 12.0. The second-order valence-electron chi connectivity index (χ2n) is 4.58. The Morgan fingerprint density at radius 1 is 1.58 bits per heavy atom. The lowest BCUT2D eigenvalue weighted by Crippen LogP contribution is -2.45. The maximum absolute atomic E-state index is 12.0. The number of aryl methyl sites for hydroxylation is 1. The Labute approximate surface area is 114 Å². The molecule has 1 aromatic rings. The van der Waals surface area contributed by atoms with Gasteiger partial charge in [0.15, 0.2) is 0 Å². The van der Waals surface area contributed by atoms with Gasteiger partial charge < -0.3 is 20.4 Å². The van der Waals surface area contributed by atoms with Crippen LogP contribution in [0.3, 0.4) is 0 Å². The van der Waals surface area contributed by atoms with Crippen molar-refractivity contribution in [3.05, 3.63) is 21.9 Å². The Hall–Kier alpha value is -1.60. The quantitative estimate of drug-likeness (QED) is 0.765. The fourth-order valence-corrected chi connectivity index (χ4v) is 2.96. The number of carboxylic acid groups (broad SMARTS) is 1. The second kappa shape index (κ2) is 5.58. The Balaban J connectivity index is 1.96. The lowest BCUT2D eigenvalue weighted by atomic mass is 10.2. The number of aliphatic hydroxyl groups is 1. The van der Waals surface area contributed by atoms with Crippen molar-refractivity contribution in [2.75, 3.05) is 6.54 Å². The number of hydrogen-bond donors (Lipinski definition) is 3. The number of thiophene rings is 1. The number of urea groups is 1. The average molecular weight is 284 g/mol. The highest BCUT2D eigenvalue weighted by Crippen LogP contribution is 2.19. The van der Waals surface area contributed by atoms with E-state index in [2.05, 4.69) is 5.32 Å². The van der Waals surface area contributed by atoms with Gasteiger partial charge in [0.05, 0.1) is 12.6 Å². The van der Waals surface area contributed by atoms with E-state index in [-0.39, 0.29) is 13.0 Å². The Kier molecular flexibility index (Phi) is 4.06. The van der Waals surface area contributed by atoms with Crippen molar-refractivity contribution >= 4 is 23.3 Å². The molecule has 1 aliphatic rings. The van der Waals surface area contributed by atoms with Crippen LogP contribution in [0.4, 0.5) is 4.79 Å². The molecule has 6 nitrogen and oxygen atoms in total. The van der Waals surface area contributed by atoms with Crippen LogP contribution in [0.15, 0.2) is 11.4 Å². The minimum Gasteiger partial charge on any atom is -0.480 e. The zero-order chi connectivity index (χ0) is 14.0. The number of nitrogens with one attached hydrogen (secondary N) is 1. The molecule has 2 rings (SSSR count). The van der Waals surface area contributed by atoms with Crippen molar-refractivity contribution in [1.29, 1.82) is 0 Å². The molecule has 3 N–H and O–H groups in total. The highest BCUT2D eigenvalue weighted by atomic mass is 32.1. The third-order valence-corrected chi connectivity index (χ3v) is 4.22. The minimum atomic E-state index is -1.08. The van der Waals surface area contributed by atoms with Gasteiger partial charge in [-0.3, -0.25) is 0 Å². The standard InChI is InChI=1S/C12H16N2O4S/c1-7-2-3-19-10(7)5-13-12(18)14-6-8(15)4-9(14)11(16)17/h2-3,8-9,15H,4-6H2,1H3,(H,13,18)(H,16,17)/t8-,9-/m1/s1. The average Bonchev–Trinajstić information content (AvgIpc) is 2.92. The van der Waals surface area contributed by atoms with Crippen LogP contribution in [0.25, 0.3) is 0 Å². The van der Waals surface area contributed by atoms with Gasteiger partial charge >= 0.3 is 12.0 Å². The third-order valence-electron chi connectivity index (χ3n) is 3.19. The van der Waals surface area contributed by atoms with Crippen LogP contribution in [0, 0.1) is 6.92 Å². The number of aliphatic hydroxyl groups excluding tert-OH is 1. The van der Waals surface area contributed by atoms with Gasteiger partial charge in [-0.2, -0.15) is 0 Å². The first-order valence-corrected chi connectivity index (χ1v) is 6.85. The molecule has 0 unspecified atom stereocenters. The number of carboxylic acids is 1. The molecule has 0 saturated carbocycles. The predicted octanol–water partition coefficient (Wildman–Crippen LogP) is 0.786. The number of hydrogen-bond acceptors (Lipinski definition) is 4. The summed E-state index contributed by atoms with van der Waals surface area (Å²) in [5, 5.41) is 23.1. The highest BCUT2D eigenvalue weighted by Gasteiger charge is 2.38. The van der Waals surface area contributed by atoms with Crippen molar-refractivity contribution in [3.63, 3.8) is 0 Å². The van der Waals surface area contributed by atoms with Crippen molar-refractivity contribution in [1.82, 2.24) is 10.2 Å². The molecule has 0 spiro atoms. The number of rotatable bonds is 3. The maximum Gasteiger partial charge on any atom is 0.326 e. The molecule has 1 aliphatic heterocycles. The Morgan fingerprint density at radius 2 is 2.32 bits per heavy atom. The fourth-order valence-electron chi connectivity index (χ4n) is 2.11. The van der Waals surface area contributed by atoms with Gasteiger partial charge in [-0.25, -0.2) is 9.59 Å². The number of aliphatic carboxylic acids is 1. The van der Waals surface area contributed by atoms with Crippen molar-refractivity contribution < 1.29 is 19.8 Å². The van der Waals surface area contributed by atoms with Gasteiger partial charge in [-0.1, -0.05) is 0 Å². The van der Waals surface area contributed by atoms with Crippen LogP contribution in [0.5, 0.6) is 0 Å².